The third-order valence-electron chi connectivity index (χ3n) is 3.30. The van der Waals surface area contributed by atoms with E-state index in [-0.39, 0.29) is 11.6 Å². The molecule has 2 rings (SSSR count). The number of fused-ring (bicyclic) bond motifs is 1. The van der Waals surface area contributed by atoms with E-state index >= 15 is 0 Å². The van der Waals surface area contributed by atoms with E-state index in [0.717, 1.165) is 29.7 Å². The molecule has 1 amide bonds. The summed E-state index contributed by atoms with van der Waals surface area (Å²) in [5, 5.41) is 14.3. The molecule has 0 radical (unpaired) electrons. The molecule has 0 saturated heterocycles. The number of hydrogen-bond acceptors (Lipinski definition) is 5. The third kappa shape index (κ3) is 3.91. The van der Waals surface area contributed by atoms with E-state index in [0.29, 0.717) is 6.54 Å². The summed E-state index contributed by atoms with van der Waals surface area (Å²) >= 11 is 0. The molecular formula is C15H18N4O3. The number of rotatable bonds is 6. The van der Waals surface area contributed by atoms with Crippen LogP contribution in [0.4, 0.5) is 11.5 Å². The number of nitrogens with zero attached hydrogens (tertiary/aromatic N) is 3. The second kappa shape index (κ2) is 6.84. The van der Waals surface area contributed by atoms with Crippen molar-refractivity contribution in [2.75, 3.05) is 25.0 Å². The Kier molecular flexibility index (Phi) is 4.88. The van der Waals surface area contributed by atoms with Gasteiger partial charge in [-0.25, -0.2) is 4.98 Å². The van der Waals surface area contributed by atoms with Crippen LogP contribution in [-0.4, -0.2) is 36.0 Å². The van der Waals surface area contributed by atoms with Crippen molar-refractivity contribution < 1.29 is 9.72 Å². The van der Waals surface area contributed by atoms with E-state index in [1.165, 1.54) is 19.1 Å². The summed E-state index contributed by atoms with van der Waals surface area (Å²) in [6.07, 6.45) is 0.816. The molecule has 22 heavy (non-hydrogen) atoms. The number of carbonyl (C=O) groups is 1. The van der Waals surface area contributed by atoms with Crippen LogP contribution in [0.15, 0.2) is 30.3 Å². The molecule has 1 N–H and O–H groups in total. The zero-order valence-corrected chi connectivity index (χ0v) is 12.6. The van der Waals surface area contributed by atoms with Crippen molar-refractivity contribution in [1.29, 1.82) is 0 Å². The molecule has 0 aliphatic carbocycles. The first-order chi connectivity index (χ1) is 10.5. The minimum Gasteiger partial charge on any atom is -0.360 e. The van der Waals surface area contributed by atoms with Crippen LogP contribution in [-0.2, 0) is 4.79 Å². The van der Waals surface area contributed by atoms with Gasteiger partial charge in [0.2, 0.25) is 5.91 Å². The Morgan fingerprint density at radius 1 is 1.36 bits per heavy atom. The van der Waals surface area contributed by atoms with Gasteiger partial charge in [-0.1, -0.05) is 0 Å². The Bertz CT molecular complexity index is 702. The summed E-state index contributed by atoms with van der Waals surface area (Å²) in [6.45, 7) is 2.87. The highest BCUT2D eigenvalue weighted by Crippen LogP contribution is 2.22. The molecule has 116 valence electrons. The average Bonchev–Trinajstić information content (AvgIpc) is 2.50. The fourth-order valence-electron chi connectivity index (χ4n) is 2.12. The quantitative estimate of drug-likeness (QED) is 0.501. The molecule has 0 unspecified atom stereocenters. The van der Waals surface area contributed by atoms with Crippen molar-refractivity contribution in [1.82, 2.24) is 10.3 Å². The molecule has 0 saturated carbocycles. The molecule has 0 fully saturated rings. The van der Waals surface area contributed by atoms with Crippen molar-refractivity contribution >= 4 is 28.3 Å². The van der Waals surface area contributed by atoms with Crippen molar-refractivity contribution in [3.8, 4) is 0 Å². The van der Waals surface area contributed by atoms with Gasteiger partial charge in [0.25, 0.3) is 5.69 Å². The lowest BCUT2D eigenvalue weighted by Gasteiger charge is -2.18. The highest BCUT2D eigenvalue weighted by molar-refractivity contribution is 5.82. The first-order valence-corrected chi connectivity index (χ1v) is 6.98. The molecule has 1 aromatic heterocycles. The lowest BCUT2D eigenvalue weighted by atomic mass is 10.2. The Morgan fingerprint density at radius 2 is 2.14 bits per heavy atom. The zero-order valence-electron chi connectivity index (χ0n) is 12.6. The van der Waals surface area contributed by atoms with Gasteiger partial charge < -0.3 is 10.2 Å². The average molecular weight is 302 g/mol. The Hall–Kier alpha value is -2.70. The molecule has 1 aromatic carbocycles. The van der Waals surface area contributed by atoms with E-state index in [1.807, 2.05) is 24.1 Å². The lowest BCUT2D eigenvalue weighted by Crippen LogP contribution is -2.26. The first-order valence-electron chi connectivity index (χ1n) is 6.98. The normalized spacial score (nSPS) is 10.5. The summed E-state index contributed by atoms with van der Waals surface area (Å²) in [6, 6.07) is 8.29. The Balaban J connectivity index is 2.07. The lowest BCUT2D eigenvalue weighted by molar-refractivity contribution is -0.384. The number of nitro benzene ring substituents is 1. The van der Waals surface area contributed by atoms with Crippen molar-refractivity contribution in [3.05, 3.63) is 40.4 Å². The van der Waals surface area contributed by atoms with Crippen LogP contribution in [0.1, 0.15) is 13.3 Å². The third-order valence-corrected chi connectivity index (χ3v) is 3.30. The Labute approximate surface area is 128 Å². The van der Waals surface area contributed by atoms with E-state index in [2.05, 4.69) is 10.3 Å². The highest BCUT2D eigenvalue weighted by atomic mass is 16.6. The molecule has 0 aliphatic rings. The predicted molar refractivity (Wildman–Crippen MR) is 85.0 cm³/mol. The van der Waals surface area contributed by atoms with Gasteiger partial charge in [0.1, 0.15) is 5.82 Å². The summed E-state index contributed by atoms with van der Waals surface area (Å²) in [4.78, 5) is 27.6. The molecule has 1 heterocycles. The zero-order chi connectivity index (χ0) is 16.1. The molecule has 2 aromatic rings. The molecule has 0 bridgehead atoms. The van der Waals surface area contributed by atoms with Gasteiger partial charge in [-0.3, -0.25) is 14.9 Å². The minimum atomic E-state index is -0.415. The molecule has 7 nitrogen and oxygen atoms in total. The highest BCUT2D eigenvalue weighted by Gasteiger charge is 2.08. The number of amides is 1. The van der Waals surface area contributed by atoms with Crippen LogP contribution in [0.2, 0.25) is 0 Å². The second-order valence-electron chi connectivity index (χ2n) is 5.06. The standard InChI is InChI=1S/C15H18N4O3/c1-11(20)16-8-3-9-18(2)15-7-4-12-10-13(19(21)22)5-6-14(12)17-15/h4-7,10H,3,8-9H2,1-2H3,(H,16,20). The van der Waals surface area contributed by atoms with Crippen LogP contribution in [0.5, 0.6) is 0 Å². The number of non-ortho nitro benzene ring substituents is 1. The van der Waals surface area contributed by atoms with Gasteiger partial charge in [-0.2, -0.15) is 0 Å². The maximum absolute atomic E-state index is 10.8. The van der Waals surface area contributed by atoms with E-state index in [9.17, 15) is 14.9 Å². The van der Waals surface area contributed by atoms with Gasteiger partial charge in [0.15, 0.2) is 0 Å². The van der Waals surface area contributed by atoms with Crippen LogP contribution in [0.3, 0.4) is 0 Å². The number of nitro groups is 1. The van der Waals surface area contributed by atoms with Crippen LogP contribution in [0.25, 0.3) is 10.9 Å². The van der Waals surface area contributed by atoms with E-state index in [1.54, 1.807) is 6.07 Å². The van der Waals surface area contributed by atoms with E-state index < -0.39 is 4.92 Å². The SMILES string of the molecule is CC(=O)NCCCN(C)c1ccc2cc([N+](=O)[O-])ccc2n1. The van der Waals surface area contributed by atoms with Crippen molar-refractivity contribution in [3.63, 3.8) is 0 Å². The largest absolute Gasteiger partial charge is 0.360 e. The Morgan fingerprint density at radius 3 is 2.82 bits per heavy atom. The summed E-state index contributed by atoms with van der Waals surface area (Å²) in [7, 11) is 1.92. The van der Waals surface area contributed by atoms with Crippen molar-refractivity contribution in [2.45, 2.75) is 13.3 Å². The maximum Gasteiger partial charge on any atom is 0.270 e. The van der Waals surface area contributed by atoms with Crippen LogP contribution >= 0.6 is 0 Å². The van der Waals surface area contributed by atoms with Gasteiger partial charge in [0, 0.05) is 44.6 Å². The van der Waals surface area contributed by atoms with E-state index in [4.69, 9.17) is 0 Å². The monoisotopic (exact) mass is 302 g/mol. The summed E-state index contributed by atoms with van der Waals surface area (Å²) in [5.41, 5.74) is 0.780. The summed E-state index contributed by atoms with van der Waals surface area (Å²) in [5.74, 6) is 0.761. The van der Waals surface area contributed by atoms with Gasteiger partial charge in [-0.05, 0) is 24.6 Å². The van der Waals surface area contributed by atoms with Gasteiger partial charge >= 0.3 is 0 Å². The molecule has 0 aliphatic heterocycles. The number of benzene rings is 1. The second-order valence-corrected chi connectivity index (χ2v) is 5.06. The van der Waals surface area contributed by atoms with Gasteiger partial charge in [-0.15, -0.1) is 0 Å². The molecular weight excluding hydrogens is 284 g/mol. The smallest absolute Gasteiger partial charge is 0.270 e. The van der Waals surface area contributed by atoms with Crippen LogP contribution in [0, 0.1) is 10.1 Å². The van der Waals surface area contributed by atoms with Gasteiger partial charge in [0.05, 0.1) is 10.4 Å². The fourth-order valence-corrected chi connectivity index (χ4v) is 2.12. The molecule has 0 atom stereocenters. The number of carbonyl (C=O) groups excluding carboxylic acids is 1. The number of hydrogen-bond donors (Lipinski definition) is 1. The topological polar surface area (TPSA) is 88.4 Å². The van der Waals surface area contributed by atoms with Crippen molar-refractivity contribution in [2.24, 2.45) is 0 Å². The number of pyridine rings is 1. The number of anilines is 1. The molecule has 0 spiro atoms. The molecule has 7 heteroatoms. The first kappa shape index (κ1) is 15.7. The predicted octanol–water partition coefficient (Wildman–Crippen LogP) is 2.11. The van der Waals surface area contributed by atoms with Crippen LogP contribution < -0.4 is 10.2 Å². The number of aromatic nitrogens is 1. The summed E-state index contributed by atoms with van der Waals surface area (Å²) < 4.78 is 0. The maximum atomic E-state index is 10.8. The number of nitrogens with one attached hydrogen (secondary N) is 1. The fraction of sp³-hybridized carbons (Fsp3) is 0.333. The minimum absolute atomic E-state index is 0.0342.